The molecule has 12 heavy (non-hydrogen) atoms. The van der Waals surface area contributed by atoms with Crippen LogP contribution in [0, 0.1) is 24.2 Å². The van der Waals surface area contributed by atoms with Gasteiger partial charge in [-0.3, -0.25) is 0 Å². The first-order chi connectivity index (χ1) is 5.72. The Bertz CT molecular complexity index is 107. The Kier molecular flexibility index (Phi) is 4.11. The SMILES string of the molecule is CC[CH]CC1CC(C)CC(C)C1. The molecular weight excluding hydrogens is 144 g/mol. The lowest BCUT2D eigenvalue weighted by molar-refractivity contribution is 0.216. The second-order valence-corrected chi connectivity index (χ2v) is 4.72. The number of hydrogen-bond acceptors (Lipinski definition) is 0. The molecule has 0 aromatic heterocycles. The van der Waals surface area contributed by atoms with Gasteiger partial charge in [0, 0.05) is 0 Å². The minimum atomic E-state index is 0.976. The van der Waals surface area contributed by atoms with Crippen molar-refractivity contribution in [3.8, 4) is 0 Å². The lowest BCUT2D eigenvalue weighted by Crippen LogP contribution is -2.19. The molecule has 1 rings (SSSR count). The van der Waals surface area contributed by atoms with Gasteiger partial charge in [-0.1, -0.05) is 27.2 Å². The van der Waals surface area contributed by atoms with Crippen LogP contribution in [0.5, 0.6) is 0 Å². The van der Waals surface area contributed by atoms with Crippen molar-refractivity contribution >= 4 is 0 Å². The Morgan fingerprint density at radius 2 is 1.67 bits per heavy atom. The third kappa shape index (κ3) is 3.16. The molecular formula is C12H23. The van der Waals surface area contributed by atoms with Crippen LogP contribution < -0.4 is 0 Å². The van der Waals surface area contributed by atoms with Gasteiger partial charge in [0.05, 0.1) is 0 Å². The smallest absolute Gasteiger partial charge is 0.0386 e. The average Bonchev–Trinajstić information content (AvgIpc) is 1.99. The van der Waals surface area contributed by atoms with Gasteiger partial charge in [0.15, 0.2) is 0 Å². The van der Waals surface area contributed by atoms with Crippen LogP contribution in [0.1, 0.15) is 52.9 Å². The van der Waals surface area contributed by atoms with Crippen LogP contribution in [0.4, 0.5) is 0 Å². The van der Waals surface area contributed by atoms with Gasteiger partial charge >= 0.3 is 0 Å². The predicted octanol–water partition coefficient (Wildman–Crippen LogP) is 4.06. The second-order valence-electron chi connectivity index (χ2n) is 4.72. The molecule has 1 radical (unpaired) electrons. The Morgan fingerprint density at radius 1 is 1.08 bits per heavy atom. The summed E-state index contributed by atoms with van der Waals surface area (Å²) in [6, 6.07) is 0. The van der Waals surface area contributed by atoms with E-state index in [0.29, 0.717) is 0 Å². The van der Waals surface area contributed by atoms with E-state index in [0.717, 1.165) is 17.8 Å². The van der Waals surface area contributed by atoms with Crippen LogP contribution in [0.15, 0.2) is 0 Å². The molecule has 1 saturated carbocycles. The van der Waals surface area contributed by atoms with Gasteiger partial charge < -0.3 is 0 Å². The van der Waals surface area contributed by atoms with Crippen LogP contribution in [0.25, 0.3) is 0 Å². The third-order valence-electron chi connectivity index (χ3n) is 3.06. The first-order valence-corrected chi connectivity index (χ1v) is 5.54. The van der Waals surface area contributed by atoms with Crippen LogP contribution in [0.3, 0.4) is 0 Å². The zero-order valence-electron chi connectivity index (χ0n) is 8.84. The van der Waals surface area contributed by atoms with Crippen molar-refractivity contribution in [3.63, 3.8) is 0 Å². The Morgan fingerprint density at radius 3 is 2.17 bits per heavy atom. The maximum atomic E-state index is 2.45. The second kappa shape index (κ2) is 4.89. The molecule has 0 aromatic carbocycles. The molecule has 1 fully saturated rings. The first kappa shape index (κ1) is 10.1. The molecule has 0 heterocycles. The highest BCUT2D eigenvalue weighted by atomic mass is 14.3. The van der Waals surface area contributed by atoms with E-state index in [1.54, 1.807) is 0 Å². The van der Waals surface area contributed by atoms with E-state index in [1.165, 1.54) is 32.1 Å². The van der Waals surface area contributed by atoms with Crippen LogP contribution >= 0.6 is 0 Å². The maximum Gasteiger partial charge on any atom is -0.0386 e. The molecule has 0 saturated heterocycles. The number of unbranched alkanes of at least 4 members (excludes halogenated alkanes) is 1. The fraction of sp³-hybridized carbons (Fsp3) is 0.917. The normalized spacial score (nSPS) is 36.8. The molecule has 2 atom stereocenters. The predicted molar refractivity (Wildman–Crippen MR) is 54.9 cm³/mol. The summed E-state index contributed by atoms with van der Waals surface area (Å²) in [6.45, 7) is 7.07. The van der Waals surface area contributed by atoms with Crippen LogP contribution in [-0.4, -0.2) is 0 Å². The van der Waals surface area contributed by atoms with E-state index in [2.05, 4.69) is 27.2 Å². The fourth-order valence-corrected chi connectivity index (χ4v) is 2.71. The molecule has 0 aromatic rings. The molecule has 0 aliphatic heterocycles. The fourth-order valence-electron chi connectivity index (χ4n) is 2.71. The summed E-state index contributed by atoms with van der Waals surface area (Å²) in [5.74, 6) is 2.96. The summed E-state index contributed by atoms with van der Waals surface area (Å²) in [7, 11) is 0. The van der Waals surface area contributed by atoms with E-state index < -0.39 is 0 Å². The summed E-state index contributed by atoms with van der Waals surface area (Å²) in [5.41, 5.74) is 0. The van der Waals surface area contributed by atoms with Gasteiger partial charge in [0.2, 0.25) is 0 Å². The molecule has 0 spiro atoms. The minimum Gasteiger partial charge on any atom is -0.0651 e. The topological polar surface area (TPSA) is 0 Å². The molecule has 0 nitrogen and oxygen atoms in total. The molecule has 1 aliphatic rings. The zero-order chi connectivity index (χ0) is 8.97. The van der Waals surface area contributed by atoms with Gasteiger partial charge in [-0.05, 0) is 49.9 Å². The van der Waals surface area contributed by atoms with E-state index in [9.17, 15) is 0 Å². The lowest BCUT2D eigenvalue weighted by Gasteiger charge is -2.31. The standard InChI is InChI=1S/C12H23/c1-4-5-6-12-8-10(2)7-11(3)9-12/h5,10-12H,4,6-9H2,1-3H3. The lowest BCUT2D eigenvalue weighted by atomic mass is 9.75. The van der Waals surface area contributed by atoms with Crippen molar-refractivity contribution in [3.05, 3.63) is 6.42 Å². The summed E-state index contributed by atoms with van der Waals surface area (Å²) in [4.78, 5) is 0. The first-order valence-electron chi connectivity index (χ1n) is 5.54. The summed E-state index contributed by atoms with van der Waals surface area (Å²) in [6.07, 6.45) is 9.48. The highest BCUT2D eigenvalue weighted by molar-refractivity contribution is 4.78. The van der Waals surface area contributed by atoms with Gasteiger partial charge in [0.25, 0.3) is 0 Å². The zero-order valence-corrected chi connectivity index (χ0v) is 8.84. The Labute approximate surface area is 77.7 Å². The van der Waals surface area contributed by atoms with Crippen molar-refractivity contribution in [2.75, 3.05) is 0 Å². The van der Waals surface area contributed by atoms with E-state index in [4.69, 9.17) is 0 Å². The molecule has 1 aliphatic carbocycles. The monoisotopic (exact) mass is 167 g/mol. The number of rotatable bonds is 3. The highest BCUT2D eigenvalue weighted by Gasteiger charge is 2.22. The van der Waals surface area contributed by atoms with E-state index in [-0.39, 0.29) is 0 Å². The molecule has 0 bridgehead atoms. The molecule has 0 heteroatoms. The molecule has 0 amide bonds. The van der Waals surface area contributed by atoms with Crippen molar-refractivity contribution in [1.29, 1.82) is 0 Å². The van der Waals surface area contributed by atoms with Gasteiger partial charge in [-0.15, -0.1) is 0 Å². The Balaban J connectivity index is 2.24. The van der Waals surface area contributed by atoms with Crippen LogP contribution in [-0.2, 0) is 0 Å². The molecule has 2 unspecified atom stereocenters. The molecule has 0 N–H and O–H groups in total. The summed E-state index contributed by atoms with van der Waals surface area (Å²) in [5, 5.41) is 0. The van der Waals surface area contributed by atoms with Crippen molar-refractivity contribution in [1.82, 2.24) is 0 Å². The Hall–Kier alpha value is 0. The average molecular weight is 167 g/mol. The largest absolute Gasteiger partial charge is 0.0651 e. The third-order valence-corrected chi connectivity index (χ3v) is 3.06. The van der Waals surface area contributed by atoms with Crippen molar-refractivity contribution in [2.24, 2.45) is 17.8 Å². The maximum absolute atomic E-state index is 2.45. The highest BCUT2D eigenvalue weighted by Crippen LogP contribution is 2.35. The minimum absolute atomic E-state index is 0.976. The van der Waals surface area contributed by atoms with Crippen molar-refractivity contribution < 1.29 is 0 Å². The summed E-state index contributed by atoms with van der Waals surface area (Å²) >= 11 is 0. The van der Waals surface area contributed by atoms with Gasteiger partial charge in [-0.2, -0.15) is 0 Å². The summed E-state index contributed by atoms with van der Waals surface area (Å²) < 4.78 is 0. The van der Waals surface area contributed by atoms with Gasteiger partial charge in [0.1, 0.15) is 0 Å². The van der Waals surface area contributed by atoms with E-state index in [1.807, 2.05) is 0 Å². The van der Waals surface area contributed by atoms with E-state index >= 15 is 0 Å². The quantitative estimate of drug-likeness (QED) is 0.594. The van der Waals surface area contributed by atoms with Crippen LogP contribution in [0.2, 0.25) is 0 Å². The van der Waals surface area contributed by atoms with Crippen molar-refractivity contribution in [2.45, 2.75) is 52.9 Å². The molecule has 71 valence electrons. The van der Waals surface area contributed by atoms with Gasteiger partial charge in [-0.25, -0.2) is 0 Å². The number of hydrogen-bond donors (Lipinski definition) is 0.